The molecule has 20 heavy (non-hydrogen) atoms. The fourth-order valence-corrected chi connectivity index (χ4v) is 4.07. The third-order valence-electron chi connectivity index (χ3n) is 4.96. The number of benzene rings is 1. The maximum Gasteiger partial charge on any atom is 0.0177 e. The van der Waals surface area contributed by atoms with Gasteiger partial charge in [-0.25, -0.2) is 0 Å². The Bertz CT molecular complexity index is 435. The first-order valence-corrected chi connectivity index (χ1v) is 8.61. The van der Waals surface area contributed by atoms with E-state index < -0.39 is 0 Å². The lowest BCUT2D eigenvalue weighted by Crippen LogP contribution is -2.42. The normalized spacial score (nSPS) is 27.6. The molecule has 0 amide bonds. The Morgan fingerprint density at radius 3 is 2.60 bits per heavy atom. The van der Waals surface area contributed by atoms with Gasteiger partial charge in [-0.3, -0.25) is 0 Å². The van der Waals surface area contributed by atoms with Gasteiger partial charge in [-0.2, -0.15) is 0 Å². The molecule has 1 aromatic rings. The van der Waals surface area contributed by atoms with Crippen LogP contribution in [-0.4, -0.2) is 13.1 Å². The summed E-state index contributed by atoms with van der Waals surface area (Å²) >= 11 is 3.59. The zero-order valence-corrected chi connectivity index (χ0v) is 14.8. The minimum absolute atomic E-state index is 0.439. The molecule has 0 aromatic heterocycles. The predicted octanol–water partition coefficient (Wildman–Crippen LogP) is 5.04. The molecule has 0 radical (unpaired) electrons. The summed E-state index contributed by atoms with van der Waals surface area (Å²) in [6, 6.07) is 9.47. The van der Waals surface area contributed by atoms with E-state index in [4.69, 9.17) is 0 Å². The summed E-state index contributed by atoms with van der Waals surface area (Å²) in [7, 11) is 2.12. The van der Waals surface area contributed by atoms with E-state index in [2.05, 4.69) is 73.3 Å². The average molecular weight is 338 g/mol. The molecule has 3 unspecified atom stereocenters. The van der Waals surface area contributed by atoms with Gasteiger partial charge in [-0.05, 0) is 67.7 Å². The maximum absolute atomic E-state index is 3.59. The first-order valence-electron chi connectivity index (χ1n) is 7.82. The van der Waals surface area contributed by atoms with Crippen LogP contribution in [0.3, 0.4) is 0 Å². The lowest BCUT2D eigenvalue weighted by molar-refractivity contribution is 0.117. The van der Waals surface area contributed by atoms with Crippen molar-refractivity contribution in [2.45, 2.75) is 52.5 Å². The Hall–Kier alpha value is -0.340. The van der Waals surface area contributed by atoms with Gasteiger partial charge in [0, 0.05) is 10.5 Å². The van der Waals surface area contributed by atoms with Gasteiger partial charge in [0.15, 0.2) is 0 Å². The summed E-state index contributed by atoms with van der Waals surface area (Å²) in [6.07, 6.45) is 5.22. The summed E-state index contributed by atoms with van der Waals surface area (Å²) in [5.41, 5.74) is 1.90. The van der Waals surface area contributed by atoms with E-state index in [9.17, 15) is 0 Å². The predicted molar refractivity (Wildman–Crippen MR) is 91.0 cm³/mol. The maximum atomic E-state index is 3.59. The second-order valence-electron chi connectivity index (χ2n) is 7.37. The molecule has 2 rings (SSSR count). The molecule has 0 spiro atoms. The Kier molecular flexibility index (Phi) is 5.30. The number of hydrogen-bond acceptors (Lipinski definition) is 1. The molecule has 112 valence electrons. The van der Waals surface area contributed by atoms with Gasteiger partial charge in [0.2, 0.25) is 0 Å². The van der Waals surface area contributed by atoms with Gasteiger partial charge in [-0.15, -0.1) is 0 Å². The molecule has 0 aliphatic heterocycles. The Balaban J connectivity index is 2.09. The van der Waals surface area contributed by atoms with E-state index in [-0.39, 0.29) is 0 Å². The van der Waals surface area contributed by atoms with E-state index >= 15 is 0 Å². The van der Waals surface area contributed by atoms with Gasteiger partial charge >= 0.3 is 0 Å². The number of hydrogen-bond donors (Lipinski definition) is 1. The third kappa shape index (κ3) is 4.08. The molecule has 2 heteroatoms. The highest BCUT2D eigenvalue weighted by Gasteiger charge is 2.35. The van der Waals surface area contributed by atoms with Gasteiger partial charge < -0.3 is 5.32 Å². The molecule has 0 bridgehead atoms. The van der Waals surface area contributed by atoms with Gasteiger partial charge in [0.25, 0.3) is 0 Å². The highest BCUT2D eigenvalue weighted by Crippen LogP contribution is 2.41. The van der Waals surface area contributed by atoms with Crippen molar-refractivity contribution < 1.29 is 0 Å². The van der Waals surface area contributed by atoms with Crippen LogP contribution in [-0.2, 0) is 6.42 Å². The lowest BCUT2D eigenvalue weighted by atomic mass is 9.66. The van der Waals surface area contributed by atoms with Crippen LogP contribution >= 0.6 is 15.9 Å². The van der Waals surface area contributed by atoms with Crippen LogP contribution < -0.4 is 5.32 Å². The first-order chi connectivity index (χ1) is 9.40. The van der Waals surface area contributed by atoms with Crippen molar-refractivity contribution in [1.82, 2.24) is 5.32 Å². The third-order valence-corrected chi connectivity index (χ3v) is 5.46. The minimum Gasteiger partial charge on any atom is -0.317 e. The highest BCUT2D eigenvalue weighted by atomic mass is 79.9. The van der Waals surface area contributed by atoms with Crippen molar-refractivity contribution >= 4 is 15.9 Å². The number of halogens is 1. The van der Waals surface area contributed by atoms with E-state index in [1.807, 2.05) is 0 Å². The zero-order chi connectivity index (χ0) is 14.8. The summed E-state index contributed by atoms with van der Waals surface area (Å²) < 4.78 is 1.19. The van der Waals surface area contributed by atoms with Crippen molar-refractivity contribution in [3.05, 3.63) is 34.3 Å². The molecule has 0 saturated heterocycles. The van der Waals surface area contributed by atoms with Crippen molar-refractivity contribution in [3.8, 4) is 0 Å². The van der Waals surface area contributed by atoms with Crippen LogP contribution in [0.2, 0.25) is 0 Å². The average Bonchev–Trinajstić information content (AvgIpc) is 2.37. The number of nitrogens with one attached hydrogen (secondary N) is 1. The Morgan fingerprint density at radius 1 is 1.25 bits per heavy atom. The van der Waals surface area contributed by atoms with Gasteiger partial charge in [-0.1, -0.05) is 48.8 Å². The van der Waals surface area contributed by atoms with Crippen LogP contribution in [0.15, 0.2) is 28.7 Å². The van der Waals surface area contributed by atoms with Crippen LogP contribution in [0.4, 0.5) is 0 Å². The van der Waals surface area contributed by atoms with E-state index in [0.29, 0.717) is 11.5 Å². The fraction of sp³-hybridized carbons (Fsp3) is 0.667. The minimum atomic E-state index is 0.439. The standard InChI is InChI=1S/C18H28BrN/c1-18(2,3)15-8-9-17(20-4)14(12-15)10-13-6-5-7-16(19)11-13/h5-7,11,14-15,17,20H,8-10,12H2,1-4H3. The molecule has 1 aromatic carbocycles. The molecule has 1 fully saturated rings. The lowest BCUT2D eigenvalue weighted by Gasteiger charge is -2.42. The highest BCUT2D eigenvalue weighted by molar-refractivity contribution is 9.10. The molecule has 3 atom stereocenters. The molecule has 1 aliphatic rings. The van der Waals surface area contributed by atoms with Crippen LogP contribution in [0, 0.1) is 17.3 Å². The summed E-state index contributed by atoms with van der Waals surface area (Å²) in [6.45, 7) is 7.19. The Labute approximate surface area is 132 Å². The van der Waals surface area contributed by atoms with Gasteiger partial charge in [0.05, 0.1) is 0 Å². The van der Waals surface area contributed by atoms with Crippen LogP contribution in [0.1, 0.15) is 45.6 Å². The SMILES string of the molecule is CNC1CCC(C(C)(C)C)CC1Cc1cccc(Br)c1. The fourth-order valence-electron chi connectivity index (χ4n) is 3.62. The molecule has 1 saturated carbocycles. The molecular formula is C18H28BrN. The Morgan fingerprint density at radius 2 is 2.00 bits per heavy atom. The van der Waals surface area contributed by atoms with E-state index in [0.717, 1.165) is 11.8 Å². The van der Waals surface area contributed by atoms with Crippen molar-refractivity contribution in [2.24, 2.45) is 17.3 Å². The number of rotatable bonds is 3. The molecular weight excluding hydrogens is 310 g/mol. The molecule has 0 heterocycles. The van der Waals surface area contributed by atoms with E-state index in [1.165, 1.54) is 35.7 Å². The van der Waals surface area contributed by atoms with Crippen molar-refractivity contribution in [1.29, 1.82) is 0 Å². The van der Waals surface area contributed by atoms with Crippen molar-refractivity contribution in [3.63, 3.8) is 0 Å². The second-order valence-corrected chi connectivity index (χ2v) is 8.28. The molecule has 1 N–H and O–H groups in total. The summed E-state index contributed by atoms with van der Waals surface area (Å²) in [5.74, 6) is 1.61. The summed E-state index contributed by atoms with van der Waals surface area (Å²) in [5, 5.41) is 3.55. The quantitative estimate of drug-likeness (QED) is 0.814. The van der Waals surface area contributed by atoms with Crippen molar-refractivity contribution in [2.75, 3.05) is 7.05 Å². The largest absolute Gasteiger partial charge is 0.317 e. The topological polar surface area (TPSA) is 12.0 Å². The molecule has 1 nitrogen and oxygen atoms in total. The summed E-state index contributed by atoms with van der Waals surface area (Å²) in [4.78, 5) is 0. The van der Waals surface area contributed by atoms with Crippen LogP contribution in [0.5, 0.6) is 0 Å². The monoisotopic (exact) mass is 337 g/mol. The zero-order valence-electron chi connectivity index (χ0n) is 13.2. The molecule has 1 aliphatic carbocycles. The van der Waals surface area contributed by atoms with Gasteiger partial charge in [0.1, 0.15) is 0 Å². The second kappa shape index (κ2) is 6.62. The smallest absolute Gasteiger partial charge is 0.0177 e. The van der Waals surface area contributed by atoms with Crippen LogP contribution in [0.25, 0.3) is 0 Å². The van der Waals surface area contributed by atoms with E-state index in [1.54, 1.807) is 0 Å². The first kappa shape index (κ1) is 16.0.